The molecule has 112 valence electrons. The standard InChI is InChI=1S/C17H24N4/c1-12(2)21-16(19-11-20-21)10-17(18)9-8-13(3)14-6-4-5-7-15(14)17/h4-7,11-13H,8-10,18H2,1-3H3. The van der Waals surface area contributed by atoms with E-state index in [1.165, 1.54) is 11.1 Å². The third-order valence-electron chi connectivity index (χ3n) is 4.66. The monoisotopic (exact) mass is 284 g/mol. The first-order valence-corrected chi connectivity index (χ1v) is 7.78. The number of nitrogens with zero attached hydrogens (tertiary/aromatic N) is 3. The summed E-state index contributed by atoms with van der Waals surface area (Å²) in [5.74, 6) is 1.57. The summed E-state index contributed by atoms with van der Waals surface area (Å²) >= 11 is 0. The Morgan fingerprint density at radius 3 is 2.90 bits per heavy atom. The fraction of sp³-hybridized carbons (Fsp3) is 0.529. The second kappa shape index (κ2) is 5.26. The number of hydrogen-bond donors (Lipinski definition) is 1. The summed E-state index contributed by atoms with van der Waals surface area (Å²) < 4.78 is 1.98. The fourth-order valence-electron chi connectivity index (χ4n) is 3.44. The molecule has 1 aromatic carbocycles. The lowest BCUT2D eigenvalue weighted by Crippen LogP contribution is -2.43. The lowest BCUT2D eigenvalue weighted by atomic mass is 9.71. The highest BCUT2D eigenvalue weighted by molar-refractivity contribution is 5.39. The van der Waals surface area contributed by atoms with Crippen molar-refractivity contribution in [1.82, 2.24) is 14.8 Å². The molecule has 1 aromatic heterocycles. The summed E-state index contributed by atoms with van der Waals surface area (Å²) in [4.78, 5) is 4.44. The third kappa shape index (κ3) is 2.48. The molecule has 4 heteroatoms. The van der Waals surface area contributed by atoms with E-state index >= 15 is 0 Å². The number of fused-ring (bicyclic) bond motifs is 1. The van der Waals surface area contributed by atoms with Crippen molar-refractivity contribution in [2.45, 2.75) is 57.5 Å². The van der Waals surface area contributed by atoms with Crippen molar-refractivity contribution in [1.29, 1.82) is 0 Å². The Bertz CT molecular complexity index is 631. The summed E-state index contributed by atoms with van der Waals surface area (Å²) in [5, 5.41) is 4.33. The summed E-state index contributed by atoms with van der Waals surface area (Å²) in [6.07, 6.45) is 4.50. The maximum Gasteiger partial charge on any atom is 0.138 e. The van der Waals surface area contributed by atoms with Crippen molar-refractivity contribution in [3.63, 3.8) is 0 Å². The molecule has 2 N–H and O–H groups in total. The van der Waals surface area contributed by atoms with Crippen molar-refractivity contribution in [2.75, 3.05) is 0 Å². The van der Waals surface area contributed by atoms with Crippen LogP contribution in [-0.2, 0) is 12.0 Å². The number of rotatable bonds is 3. The Hall–Kier alpha value is -1.68. The zero-order chi connectivity index (χ0) is 15.0. The minimum Gasteiger partial charge on any atom is -0.321 e. The Balaban J connectivity index is 1.98. The van der Waals surface area contributed by atoms with Crippen LogP contribution in [0.2, 0.25) is 0 Å². The van der Waals surface area contributed by atoms with Crippen LogP contribution >= 0.6 is 0 Å². The molecule has 0 bridgehead atoms. The molecule has 0 fully saturated rings. The molecular weight excluding hydrogens is 260 g/mol. The molecule has 0 aliphatic heterocycles. The highest BCUT2D eigenvalue weighted by atomic mass is 15.3. The quantitative estimate of drug-likeness (QED) is 0.942. The molecule has 1 aliphatic rings. The van der Waals surface area contributed by atoms with E-state index in [0.717, 1.165) is 25.1 Å². The topological polar surface area (TPSA) is 56.7 Å². The van der Waals surface area contributed by atoms with Crippen molar-refractivity contribution < 1.29 is 0 Å². The molecule has 2 unspecified atom stereocenters. The lowest BCUT2D eigenvalue weighted by Gasteiger charge is -2.38. The molecule has 0 saturated heterocycles. The van der Waals surface area contributed by atoms with E-state index in [2.05, 4.69) is 55.1 Å². The van der Waals surface area contributed by atoms with Crippen molar-refractivity contribution in [3.8, 4) is 0 Å². The van der Waals surface area contributed by atoms with Gasteiger partial charge in [-0.05, 0) is 43.7 Å². The largest absolute Gasteiger partial charge is 0.321 e. The smallest absolute Gasteiger partial charge is 0.138 e. The van der Waals surface area contributed by atoms with Crippen LogP contribution in [0.25, 0.3) is 0 Å². The van der Waals surface area contributed by atoms with Crippen molar-refractivity contribution >= 4 is 0 Å². The molecule has 4 nitrogen and oxygen atoms in total. The van der Waals surface area contributed by atoms with Crippen LogP contribution in [0, 0.1) is 0 Å². The van der Waals surface area contributed by atoms with E-state index in [-0.39, 0.29) is 5.54 Å². The average Bonchev–Trinajstić information content (AvgIpc) is 2.92. The molecule has 2 atom stereocenters. The zero-order valence-electron chi connectivity index (χ0n) is 13.1. The van der Waals surface area contributed by atoms with Crippen molar-refractivity contribution in [3.05, 3.63) is 47.5 Å². The molecule has 3 rings (SSSR count). The average molecular weight is 284 g/mol. The van der Waals surface area contributed by atoms with Crippen LogP contribution in [0.4, 0.5) is 0 Å². The van der Waals surface area contributed by atoms with Crippen LogP contribution in [0.3, 0.4) is 0 Å². The van der Waals surface area contributed by atoms with Gasteiger partial charge in [-0.1, -0.05) is 31.2 Å². The van der Waals surface area contributed by atoms with E-state index < -0.39 is 0 Å². The van der Waals surface area contributed by atoms with Gasteiger partial charge in [0.05, 0.1) is 0 Å². The second-order valence-electron chi connectivity index (χ2n) is 6.57. The van der Waals surface area contributed by atoms with E-state index in [1.807, 2.05) is 4.68 Å². The number of nitrogens with two attached hydrogens (primary N) is 1. The highest BCUT2D eigenvalue weighted by Crippen LogP contribution is 2.41. The molecule has 21 heavy (non-hydrogen) atoms. The molecular formula is C17H24N4. The van der Waals surface area contributed by atoms with Gasteiger partial charge in [0.2, 0.25) is 0 Å². The van der Waals surface area contributed by atoms with Gasteiger partial charge in [0, 0.05) is 18.0 Å². The van der Waals surface area contributed by atoms with Gasteiger partial charge < -0.3 is 5.73 Å². The third-order valence-corrected chi connectivity index (χ3v) is 4.66. The van der Waals surface area contributed by atoms with Gasteiger partial charge in [-0.2, -0.15) is 5.10 Å². The normalized spacial score (nSPS) is 25.1. The second-order valence-corrected chi connectivity index (χ2v) is 6.57. The fourth-order valence-corrected chi connectivity index (χ4v) is 3.44. The minimum absolute atomic E-state index is 0.309. The first kappa shape index (κ1) is 14.3. The highest BCUT2D eigenvalue weighted by Gasteiger charge is 2.36. The predicted molar refractivity (Wildman–Crippen MR) is 84.1 cm³/mol. The first-order chi connectivity index (χ1) is 10.0. The van der Waals surface area contributed by atoms with E-state index in [0.29, 0.717) is 12.0 Å². The van der Waals surface area contributed by atoms with Gasteiger partial charge in [-0.3, -0.25) is 0 Å². The van der Waals surface area contributed by atoms with Crippen LogP contribution < -0.4 is 5.73 Å². The molecule has 0 spiro atoms. The predicted octanol–water partition coefficient (Wildman–Crippen LogP) is 3.15. The summed E-state index contributed by atoms with van der Waals surface area (Å²) in [6.45, 7) is 6.53. The summed E-state index contributed by atoms with van der Waals surface area (Å²) in [7, 11) is 0. The van der Waals surface area contributed by atoms with Crippen LogP contribution in [-0.4, -0.2) is 14.8 Å². The lowest BCUT2D eigenvalue weighted by molar-refractivity contribution is 0.332. The molecule has 2 aromatic rings. The Morgan fingerprint density at radius 1 is 1.38 bits per heavy atom. The van der Waals surface area contributed by atoms with Crippen molar-refractivity contribution in [2.24, 2.45) is 5.73 Å². The van der Waals surface area contributed by atoms with Gasteiger partial charge in [0.15, 0.2) is 0 Å². The summed E-state index contributed by atoms with van der Waals surface area (Å²) in [6, 6.07) is 8.90. The SMILES string of the molecule is CC1CCC(N)(Cc2ncnn2C(C)C)c2ccccc21. The van der Waals surface area contributed by atoms with Gasteiger partial charge in [0.25, 0.3) is 0 Å². The van der Waals surface area contributed by atoms with E-state index in [1.54, 1.807) is 6.33 Å². The van der Waals surface area contributed by atoms with Gasteiger partial charge >= 0.3 is 0 Å². The van der Waals surface area contributed by atoms with Crippen LogP contribution in [0.5, 0.6) is 0 Å². The molecule has 0 saturated carbocycles. The number of benzene rings is 1. The molecule has 1 aliphatic carbocycles. The minimum atomic E-state index is -0.331. The van der Waals surface area contributed by atoms with Gasteiger partial charge in [-0.25, -0.2) is 9.67 Å². The maximum absolute atomic E-state index is 6.81. The Morgan fingerprint density at radius 2 is 2.14 bits per heavy atom. The number of aromatic nitrogens is 3. The Labute approximate surface area is 126 Å². The molecule has 0 amide bonds. The molecule has 1 heterocycles. The van der Waals surface area contributed by atoms with Crippen LogP contribution in [0.1, 0.15) is 62.5 Å². The number of hydrogen-bond acceptors (Lipinski definition) is 3. The van der Waals surface area contributed by atoms with E-state index in [9.17, 15) is 0 Å². The summed E-state index contributed by atoms with van der Waals surface area (Å²) in [5.41, 5.74) is 9.15. The van der Waals surface area contributed by atoms with Gasteiger partial charge in [-0.15, -0.1) is 0 Å². The van der Waals surface area contributed by atoms with Gasteiger partial charge in [0.1, 0.15) is 12.2 Å². The maximum atomic E-state index is 6.81. The van der Waals surface area contributed by atoms with E-state index in [4.69, 9.17) is 5.73 Å². The van der Waals surface area contributed by atoms with Crippen LogP contribution in [0.15, 0.2) is 30.6 Å². The first-order valence-electron chi connectivity index (χ1n) is 7.78. The zero-order valence-corrected chi connectivity index (χ0v) is 13.1. The Kier molecular flexibility index (Phi) is 3.57. The molecule has 0 radical (unpaired) electrons.